The van der Waals surface area contributed by atoms with Crippen LogP contribution < -0.4 is 11.1 Å². The molecule has 0 bridgehead atoms. The van der Waals surface area contributed by atoms with Gasteiger partial charge in [-0.15, -0.1) is 0 Å². The Balaban J connectivity index is 1.82. The van der Waals surface area contributed by atoms with Crippen molar-refractivity contribution in [3.8, 4) is 0 Å². The molecule has 24 heavy (non-hydrogen) atoms. The molecular formula is C18H21N3O3. The Labute approximate surface area is 140 Å². The molecular weight excluding hydrogens is 306 g/mol. The lowest BCUT2D eigenvalue weighted by atomic mass is 9.74. The van der Waals surface area contributed by atoms with Crippen molar-refractivity contribution >= 4 is 11.8 Å². The topological polar surface area (TPSA) is 98.2 Å². The Kier molecular flexibility index (Phi) is 3.91. The molecule has 1 aliphatic carbocycles. The van der Waals surface area contributed by atoms with Gasteiger partial charge in [-0.25, -0.2) is 0 Å². The van der Waals surface area contributed by atoms with Crippen molar-refractivity contribution in [1.82, 2.24) is 10.3 Å². The van der Waals surface area contributed by atoms with Crippen molar-refractivity contribution in [3.63, 3.8) is 0 Å². The van der Waals surface area contributed by atoms with E-state index in [0.29, 0.717) is 0 Å². The summed E-state index contributed by atoms with van der Waals surface area (Å²) in [5, 5.41) is 3.03. The van der Waals surface area contributed by atoms with Gasteiger partial charge in [0.05, 0.1) is 11.6 Å². The van der Waals surface area contributed by atoms with Crippen molar-refractivity contribution in [2.24, 2.45) is 11.1 Å². The molecule has 2 amide bonds. The van der Waals surface area contributed by atoms with Crippen LogP contribution in [0.1, 0.15) is 64.2 Å². The summed E-state index contributed by atoms with van der Waals surface area (Å²) in [6.07, 6.45) is 2.99. The molecule has 2 aromatic heterocycles. The number of rotatable bonds is 3. The fourth-order valence-electron chi connectivity index (χ4n) is 3.22. The molecule has 0 saturated heterocycles. The third-order valence-corrected chi connectivity index (χ3v) is 4.32. The minimum absolute atomic E-state index is 0.0402. The van der Waals surface area contributed by atoms with Crippen LogP contribution in [0, 0.1) is 12.3 Å². The molecule has 0 unspecified atom stereocenters. The number of primary amides is 1. The van der Waals surface area contributed by atoms with Crippen LogP contribution in [0.4, 0.5) is 0 Å². The van der Waals surface area contributed by atoms with E-state index in [1.165, 1.54) is 18.3 Å². The van der Waals surface area contributed by atoms with Gasteiger partial charge >= 0.3 is 0 Å². The monoisotopic (exact) mass is 327 g/mol. The number of carbonyl (C=O) groups excluding carboxylic acids is 2. The van der Waals surface area contributed by atoms with E-state index in [0.717, 1.165) is 29.9 Å². The summed E-state index contributed by atoms with van der Waals surface area (Å²) in [6.45, 7) is 6.23. The minimum Gasteiger partial charge on any atom is -0.466 e. The highest BCUT2D eigenvalue weighted by Crippen LogP contribution is 2.42. The van der Waals surface area contributed by atoms with Gasteiger partial charge in [-0.05, 0) is 37.0 Å². The summed E-state index contributed by atoms with van der Waals surface area (Å²) in [7, 11) is 0. The van der Waals surface area contributed by atoms with Crippen LogP contribution in [0.25, 0.3) is 0 Å². The molecule has 2 aromatic rings. The number of aromatic nitrogens is 1. The number of hydrogen-bond donors (Lipinski definition) is 2. The second-order valence-electron chi connectivity index (χ2n) is 7.10. The van der Waals surface area contributed by atoms with Gasteiger partial charge in [-0.3, -0.25) is 14.6 Å². The average molecular weight is 327 g/mol. The van der Waals surface area contributed by atoms with Crippen LogP contribution in [-0.2, 0) is 6.42 Å². The number of furan rings is 1. The molecule has 126 valence electrons. The summed E-state index contributed by atoms with van der Waals surface area (Å²) in [5.74, 6) is 0.937. The van der Waals surface area contributed by atoms with Gasteiger partial charge in [0.1, 0.15) is 17.2 Å². The van der Waals surface area contributed by atoms with E-state index >= 15 is 0 Å². The van der Waals surface area contributed by atoms with Gasteiger partial charge in [-0.1, -0.05) is 13.8 Å². The number of nitrogens with zero attached hydrogens (tertiary/aromatic N) is 1. The first-order chi connectivity index (χ1) is 11.2. The second kappa shape index (κ2) is 5.78. The van der Waals surface area contributed by atoms with Crippen molar-refractivity contribution in [2.75, 3.05) is 0 Å². The van der Waals surface area contributed by atoms with E-state index in [2.05, 4.69) is 24.1 Å². The van der Waals surface area contributed by atoms with Crippen molar-refractivity contribution in [2.45, 2.75) is 39.7 Å². The SMILES string of the molecule is Cc1cc2c(o1)CC(C)(C)C[C@@H]2NC(=O)c1ccc(C(N)=O)cn1. The van der Waals surface area contributed by atoms with Gasteiger partial charge < -0.3 is 15.5 Å². The molecule has 6 nitrogen and oxygen atoms in total. The Morgan fingerprint density at radius 1 is 1.38 bits per heavy atom. The Morgan fingerprint density at radius 3 is 2.75 bits per heavy atom. The molecule has 1 aliphatic rings. The highest BCUT2D eigenvalue weighted by atomic mass is 16.3. The van der Waals surface area contributed by atoms with Crippen LogP contribution in [0.15, 0.2) is 28.8 Å². The molecule has 0 saturated carbocycles. The van der Waals surface area contributed by atoms with Gasteiger partial charge in [-0.2, -0.15) is 0 Å². The van der Waals surface area contributed by atoms with Crippen LogP contribution in [0.2, 0.25) is 0 Å². The molecule has 2 heterocycles. The number of hydrogen-bond acceptors (Lipinski definition) is 4. The minimum atomic E-state index is -0.568. The lowest BCUT2D eigenvalue weighted by Gasteiger charge is -2.34. The molecule has 0 fully saturated rings. The number of carbonyl (C=O) groups is 2. The first-order valence-corrected chi connectivity index (χ1v) is 7.91. The Bertz CT molecular complexity index is 790. The molecule has 3 N–H and O–H groups in total. The van der Waals surface area contributed by atoms with E-state index in [4.69, 9.17) is 10.2 Å². The number of amides is 2. The molecule has 0 spiro atoms. The highest BCUT2D eigenvalue weighted by molar-refractivity contribution is 5.95. The summed E-state index contributed by atoms with van der Waals surface area (Å²) >= 11 is 0. The third-order valence-electron chi connectivity index (χ3n) is 4.32. The van der Waals surface area contributed by atoms with Gasteiger partial charge in [0.2, 0.25) is 5.91 Å². The number of pyridine rings is 1. The molecule has 0 aromatic carbocycles. The fraction of sp³-hybridized carbons (Fsp3) is 0.389. The van der Waals surface area contributed by atoms with Gasteiger partial charge in [0.25, 0.3) is 5.91 Å². The molecule has 3 rings (SSSR count). The van der Waals surface area contributed by atoms with Crippen LogP contribution in [0.3, 0.4) is 0 Å². The zero-order chi connectivity index (χ0) is 17.5. The molecule has 6 heteroatoms. The number of aryl methyl sites for hydroxylation is 1. The predicted molar refractivity (Wildman–Crippen MR) is 88.5 cm³/mol. The largest absolute Gasteiger partial charge is 0.466 e. The van der Waals surface area contributed by atoms with Gasteiger partial charge in [0, 0.05) is 18.2 Å². The van der Waals surface area contributed by atoms with E-state index < -0.39 is 5.91 Å². The standard InChI is InChI=1S/C18H21N3O3/c1-10-6-12-14(7-18(2,3)8-15(12)24-10)21-17(23)13-5-4-11(9-20-13)16(19)22/h4-6,9,14H,7-8H2,1-3H3,(H2,19,22)(H,21,23)/t14-/m0/s1. The van der Waals surface area contributed by atoms with Crippen LogP contribution >= 0.6 is 0 Å². The third kappa shape index (κ3) is 3.18. The smallest absolute Gasteiger partial charge is 0.270 e. The Hall–Kier alpha value is -2.63. The first-order valence-electron chi connectivity index (χ1n) is 7.91. The van der Waals surface area contributed by atoms with E-state index in [-0.39, 0.29) is 28.6 Å². The highest BCUT2D eigenvalue weighted by Gasteiger charge is 2.35. The molecule has 0 aliphatic heterocycles. The molecule has 0 radical (unpaired) electrons. The van der Waals surface area contributed by atoms with E-state index in [9.17, 15) is 9.59 Å². The molecule has 1 atom stereocenters. The summed E-state index contributed by atoms with van der Waals surface area (Å²) in [4.78, 5) is 27.6. The zero-order valence-corrected chi connectivity index (χ0v) is 14.1. The summed E-state index contributed by atoms with van der Waals surface area (Å²) in [6, 6.07) is 4.87. The van der Waals surface area contributed by atoms with Crippen LogP contribution in [0.5, 0.6) is 0 Å². The quantitative estimate of drug-likeness (QED) is 0.905. The van der Waals surface area contributed by atoms with Crippen LogP contribution in [-0.4, -0.2) is 16.8 Å². The first kappa shape index (κ1) is 16.2. The maximum Gasteiger partial charge on any atom is 0.270 e. The van der Waals surface area contributed by atoms with Gasteiger partial charge in [0.15, 0.2) is 0 Å². The number of nitrogens with two attached hydrogens (primary N) is 1. The van der Waals surface area contributed by atoms with E-state index in [1.807, 2.05) is 13.0 Å². The van der Waals surface area contributed by atoms with Crippen molar-refractivity contribution in [3.05, 3.63) is 52.7 Å². The maximum atomic E-state index is 12.5. The second-order valence-corrected chi connectivity index (χ2v) is 7.10. The lowest BCUT2D eigenvalue weighted by Crippen LogP contribution is -2.36. The fourth-order valence-corrected chi connectivity index (χ4v) is 3.22. The predicted octanol–water partition coefficient (Wildman–Crippen LogP) is 2.53. The van der Waals surface area contributed by atoms with Crippen molar-refractivity contribution in [1.29, 1.82) is 0 Å². The number of fused-ring (bicyclic) bond motifs is 1. The van der Waals surface area contributed by atoms with Crippen molar-refractivity contribution < 1.29 is 14.0 Å². The summed E-state index contributed by atoms with van der Waals surface area (Å²) in [5.41, 5.74) is 6.79. The maximum absolute atomic E-state index is 12.5. The zero-order valence-electron chi connectivity index (χ0n) is 14.1. The summed E-state index contributed by atoms with van der Waals surface area (Å²) < 4.78 is 5.78. The average Bonchev–Trinajstić information content (AvgIpc) is 2.86. The lowest BCUT2D eigenvalue weighted by molar-refractivity contribution is 0.0910. The van der Waals surface area contributed by atoms with E-state index in [1.54, 1.807) is 0 Å². The number of nitrogens with one attached hydrogen (secondary N) is 1. The Morgan fingerprint density at radius 2 is 2.12 bits per heavy atom. The normalized spacial score (nSPS) is 18.7.